The number of esters is 1. The predicted octanol–water partition coefficient (Wildman–Crippen LogP) is 5.68. The number of allylic oxidation sites excluding steroid dienone is 3. The molecule has 2 fully saturated rings. The summed E-state index contributed by atoms with van der Waals surface area (Å²) in [5.74, 6) is -2.97. The van der Waals surface area contributed by atoms with E-state index in [4.69, 9.17) is 44.8 Å². The molecule has 432 valence electrons. The molecule has 3 N–H and O–H groups in total. The van der Waals surface area contributed by atoms with E-state index in [-0.39, 0.29) is 60.0 Å². The highest BCUT2D eigenvalue weighted by atomic mass is 79.9. The minimum Gasteiger partial charge on any atom is -0.495 e. The molecular formula is C53H74BrClN6O16S. The zero-order chi connectivity index (χ0) is 57.6. The summed E-state index contributed by atoms with van der Waals surface area (Å²) < 4.78 is 40.8. The lowest BCUT2D eigenvalue weighted by molar-refractivity contribution is -0.162. The molecule has 5 rings (SSSR count). The van der Waals surface area contributed by atoms with Gasteiger partial charge in [0.1, 0.15) is 53.4 Å². The second-order valence-corrected chi connectivity index (χ2v) is 22.2. The van der Waals surface area contributed by atoms with Crippen molar-refractivity contribution in [3.8, 4) is 5.75 Å². The monoisotopic (exact) mass is 1200 g/mol. The lowest BCUT2D eigenvalue weighted by Gasteiger charge is -2.42. The molecule has 25 heteroatoms. The van der Waals surface area contributed by atoms with Gasteiger partial charge < -0.3 is 57.9 Å². The van der Waals surface area contributed by atoms with Crippen molar-refractivity contribution in [3.05, 3.63) is 58.7 Å². The lowest BCUT2D eigenvalue weighted by atomic mass is 9.83. The van der Waals surface area contributed by atoms with Gasteiger partial charge in [0.2, 0.25) is 17.7 Å². The first-order valence-electron chi connectivity index (χ1n) is 25.7. The van der Waals surface area contributed by atoms with E-state index in [1.807, 2.05) is 19.1 Å². The van der Waals surface area contributed by atoms with E-state index in [9.17, 15) is 43.5 Å². The van der Waals surface area contributed by atoms with Gasteiger partial charge in [-0.15, -0.1) is 0 Å². The SMILES string of the molecule is COc1cc2cc(c1Cl)N(C)C(=O)C[C@H](OC(=O)[C@H](C)N(C)C(=O)CCSC(=O)N(C)CCN(C)C(=O)OC1C=CCC(OCC(=O)NC(=O)CBr)CCC1)[C@]1(C)O[C@H]1[C@H](C)[C@@H]1C[C@@](O)(NC(=O)O1)[C@H](OC)C=CC=C(C)C2. The maximum atomic E-state index is 14.4. The molecule has 78 heavy (non-hydrogen) atoms. The zero-order valence-corrected chi connectivity index (χ0v) is 49.0. The summed E-state index contributed by atoms with van der Waals surface area (Å²) in [6, 6.07) is 2.37. The molecule has 1 aliphatic carbocycles. The minimum absolute atomic E-state index is 0.00832. The maximum absolute atomic E-state index is 14.4. The number of thioether (sulfide) groups is 1. The number of hydrogen-bond donors (Lipinski definition) is 3. The number of alkyl halides is 1. The van der Waals surface area contributed by atoms with Crippen LogP contribution < -0.4 is 20.3 Å². The van der Waals surface area contributed by atoms with Crippen LogP contribution in [0, 0.1) is 5.92 Å². The first kappa shape index (κ1) is 63.6. The van der Waals surface area contributed by atoms with Gasteiger partial charge >= 0.3 is 18.2 Å². The van der Waals surface area contributed by atoms with Gasteiger partial charge in [-0.1, -0.05) is 76.1 Å². The van der Waals surface area contributed by atoms with E-state index >= 15 is 0 Å². The predicted molar refractivity (Wildman–Crippen MR) is 293 cm³/mol. The van der Waals surface area contributed by atoms with Gasteiger partial charge in [-0.05, 0) is 76.6 Å². The van der Waals surface area contributed by atoms with Crippen LogP contribution in [0.1, 0.15) is 78.2 Å². The Morgan fingerprint density at radius 3 is 2.46 bits per heavy atom. The number of nitrogens with one attached hydrogen (secondary N) is 2. The number of aliphatic hydroxyl groups is 1. The Kier molecular flexibility index (Phi) is 23.5. The molecule has 2 saturated heterocycles. The minimum atomic E-state index is -1.89. The van der Waals surface area contributed by atoms with E-state index in [2.05, 4.69) is 26.6 Å². The largest absolute Gasteiger partial charge is 0.495 e. The van der Waals surface area contributed by atoms with Crippen LogP contribution in [-0.2, 0) is 58.8 Å². The number of anilines is 1. The van der Waals surface area contributed by atoms with Crippen LogP contribution in [0.4, 0.5) is 20.1 Å². The summed E-state index contributed by atoms with van der Waals surface area (Å²) >= 11 is 10.7. The van der Waals surface area contributed by atoms with Crippen LogP contribution in [-0.4, -0.2) is 194 Å². The molecule has 2 unspecified atom stereocenters. The average Bonchev–Trinajstić information content (AvgIpc) is 4.23. The Morgan fingerprint density at radius 2 is 1.77 bits per heavy atom. The smallest absolute Gasteiger partial charge is 0.410 e. The highest BCUT2D eigenvalue weighted by Crippen LogP contribution is 2.49. The van der Waals surface area contributed by atoms with Crippen molar-refractivity contribution in [1.82, 2.24) is 25.3 Å². The van der Waals surface area contributed by atoms with Crippen molar-refractivity contribution in [1.29, 1.82) is 0 Å². The summed E-state index contributed by atoms with van der Waals surface area (Å²) in [7, 11) is 8.98. The molecule has 4 bridgehead atoms. The third-order valence-electron chi connectivity index (χ3n) is 14.3. The number of halogens is 2. The number of epoxide rings is 1. The summed E-state index contributed by atoms with van der Waals surface area (Å²) in [6.07, 6.45) is 4.84. The third-order valence-corrected chi connectivity index (χ3v) is 16.2. The Hall–Kier alpha value is -5.24. The molecule has 0 aromatic heterocycles. The summed E-state index contributed by atoms with van der Waals surface area (Å²) in [5, 5.41) is 16.4. The molecule has 0 radical (unpaired) electrons. The fraction of sp³-hybridized carbons (Fsp3) is 0.623. The van der Waals surface area contributed by atoms with Crippen LogP contribution in [0.25, 0.3) is 0 Å². The van der Waals surface area contributed by atoms with Gasteiger partial charge in [0.25, 0.3) is 11.1 Å². The Balaban J connectivity index is 1.18. The van der Waals surface area contributed by atoms with E-state index < -0.39 is 102 Å². The molecule has 0 spiro atoms. The topological polar surface area (TPSA) is 262 Å². The number of nitrogens with zero attached hydrogens (tertiary/aromatic N) is 4. The number of carbonyl (C=O) groups is 8. The number of carbonyl (C=O) groups excluding carboxylic acids is 8. The van der Waals surface area contributed by atoms with Crippen LogP contribution in [0.3, 0.4) is 0 Å². The molecule has 7 amide bonds. The van der Waals surface area contributed by atoms with Crippen LogP contribution in [0.15, 0.2) is 48.1 Å². The molecule has 22 nitrogen and oxygen atoms in total. The molecule has 10 atom stereocenters. The van der Waals surface area contributed by atoms with Gasteiger partial charge in [0, 0.05) is 72.9 Å². The van der Waals surface area contributed by atoms with Crippen LogP contribution in [0.5, 0.6) is 5.75 Å². The fourth-order valence-electron chi connectivity index (χ4n) is 9.24. The van der Waals surface area contributed by atoms with Gasteiger partial charge in [0.15, 0.2) is 5.72 Å². The second-order valence-electron chi connectivity index (χ2n) is 20.2. The second kappa shape index (κ2) is 28.8. The maximum Gasteiger partial charge on any atom is 0.410 e. The molecule has 3 aliphatic heterocycles. The first-order valence-corrected chi connectivity index (χ1v) is 28.1. The molecule has 0 saturated carbocycles. The number of hydrogen-bond acceptors (Lipinski definition) is 17. The molecule has 1 aromatic rings. The Bertz CT molecular complexity index is 2470. The van der Waals surface area contributed by atoms with E-state index in [0.29, 0.717) is 43.5 Å². The number of rotatable bonds is 16. The van der Waals surface area contributed by atoms with Gasteiger partial charge in [0.05, 0.1) is 36.8 Å². The van der Waals surface area contributed by atoms with Crippen molar-refractivity contribution < 1.29 is 76.6 Å². The van der Waals surface area contributed by atoms with Crippen molar-refractivity contribution in [2.75, 3.05) is 78.1 Å². The number of alkyl carbamates (subject to hydrolysis) is 1. The van der Waals surface area contributed by atoms with Crippen molar-refractivity contribution in [3.63, 3.8) is 0 Å². The number of amides is 7. The fourth-order valence-corrected chi connectivity index (χ4v) is 10.5. The highest BCUT2D eigenvalue weighted by molar-refractivity contribution is 9.09. The molecule has 4 aliphatic rings. The molecular weight excluding hydrogens is 1120 g/mol. The quantitative estimate of drug-likeness (QED) is 0.0591. The average molecular weight is 1200 g/mol. The number of benzene rings is 1. The Labute approximate surface area is 473 Å². The standard InChI is InChI=1S/C53H74BrClN6O16S/c1-31-14-11-19-40(72-10)53(70)28-39(75-49(67)57-53)32(2)47-52(4,77-47)41(27-45(65)61(8)37-25-34(24-31)26-38(71-9)46(37)55)76-48(66)33(3)60(7)44(64)20-23-78-51(69)59(6)22-21-58(5)50(68)74-36-17-12-15-35(16-13-18-36)73-30-43(63)56-42(62)29-54/h11-12,14,17,19,25-26,32-33,35-36,39-41,47,70H,13,15-16,18,20-24,27-30H2,1-10H3,(H,57,67)(H,56,62,63)/t32-,33+,35?,36?,39+,40-,41+,47+,52+,53+/m1/s1. The first-order chi connectivity index (χ1) is 36.8. The zero-order valence-electron chi connectivity index (χ0n) is 45.9. The van der Waals surface area contributed by atoms with E-state index in [1.54, 1.807) is 65.4 Å². The van der Waals surface area contributed by atoms with Crippen LogP contribution in [0.2, 0.25) is 5.02 Å². The number of ether oxygens (including phenoxy) is 7. The lowest BCUT2D eigenvalue weighted by Crippen LogP contribution is -2.63. The highest BCUT2D eigenvalue weighted by Gasteiger charge is 2.64. The number of imide groups is 1. The van der Waals surface area contributed by atoms with Gasteiger partial charge in [-0.3, -0.25) is 34.6 Å². The summed E-state index contributed by atoms with van der Waals surface area (Å²) in [6.45, 7) is 6.91. The Morgan fingerprint density at radius 1 is 1.05 bits per heavy atom. The van der Waals surface area contributed by atoms with Crippen LogP contribution >= 0.6 is 39.3 Å². The number of likely N-dealkylation sites (N-methyl/N-ethyl adjacent to an activating group) is 3. The van der Waals surface area contributed by atoms with Crippen molar-refractivity contribution in [2.45, 2.75) is 133 Å². The molecule has 1 aromatic carbocycles. The molecule has 3 heterocycles. The summed E-state index contributed by atoms with van der Waals surface area (Å²) in [4.78, 5) is 110. The van der Waals surface area contributed by atoms with E-state index in [1.165, 1.54) is 47.8 Å². The van der Waals surface area contributed by atoms with Crippen molar-refractivity contribution in [2.24, 2.45) is 5.92 Å². The summed E-state index contributed by atoms with van der Waals surface area (Å²) in [5.41, 5.74) is -1.21. The van der Waals surface area contributed by atoms with E-state index in [0.717, 1.165) is 22.9 Å². The number of fused-ring (bicyclic) bond motifs is 5. The van der Waals surface area contributed by atoms with Gasteiger partial charge in [-0.2, -0.15) is 0 Å². The normalized spacial score (nSPS) is 26.8. The van der Waals surface area contributed by atoms with Gasteiger partial charge in [-0.25, -0.2) is 14.4 Å². The van der Waals surface area contributed by atoms with Crippen molar-refractivity contribution >= 4 is 92.0 Å². The number of methoxy groups -OCH3 is 2. The third kappa shape index (κ3) is 17.1.